The van der Waals surface area contributed by atoms with Gasteiger partial charge in [0.2, 0.25) is 10.0 Å². The Labute approximate surface area is 153 Å². The number of rotatable bonds is 4. The van der Waals surface area contributed by atoms with E-state index in [-0.39, 0.29) is 18.5 Å². The molecule has 2 aromatic rings. The molecule has 0 unspecified atom stereocenters. The molecule has 1 aliphatic heterocycles. The molecule has 1 saturated carbocycles. The van der Waals surface area contributed by atoms with Crippen molar-refractivity contribution in [1.29, 1.82) is 0 Å². The topological polar surface area (TPSA) is 83.8 Å². The number of aromatic nitrogens is 2. The lowest BCUT2D eigenvalue weighted by molar-refractivity contribution is 0.0721. The third kappa shape index (κ3) is 3.48. The molecule has 7 nitrogen and oxygen atoms in total. The van der Waals surface area contributed by atoms with E-state index in [1.54, 1.807) is 15.5 Å². The SMILES string of the molecule is O=C(c1cn2ccccc2n1)N1CCC[C@H](S(=O)(=O)NC2CCCC2)C1. The lowest BCUT2D eigenvalue weighted by Gasteiger charge is -2.32. The predicted octanol–water partition coefficient (Wildman–Crippen LogP) is 1.80. The molecule has 1 atom stereocenters. The maximum Gasteiger partial charge on any atom is 0.274 e. The van der Waals surface area contributed by atoms with Crippen molar-refractivity contribution in [1.82, 2.24) is 19.0 Å². The van der Waals surface area contributed by atoms with Gasteiger partial charge in [0, 0.05) is 31.5 Å². The number of hydrogen-bond donors (Lipinski definition) is 1. The van der Waals surface area contributed by atoms with E-state index in [0.29, 0.717) is 30.7 Å². The average Bonchev–Trinajstić information content (AvgIpc) is 3.30. The van der Waals surface area contributed by atoms with Gasteiger partial charge in [0.25, 0.3) is 5.91 Å². The van der Waals surface area contributed by atoms with Crippen molar-refractivity contribution in [3.63, 3.8) is 0 Å². The van der Waals surface area contributed by atoms with Crippen LogP contribution in [0, 0.1) is 0 Å². The van der Waals surface area contributed by atoms with Crippen molar-refractivity contribution in [2.24, 2.45) is 0 Å². The summed E-state index contributed by atoms with van der Waals surface area (Å²) in [6, 6.07) is 5.64. The quantitative estimate of drug-likeness (QED) is 0.882. The van der Waals surface area contributed by atoms with Gasteiger partial charge in [-0.25, -0.2) is 18.1 Å². The van der Waals surface area contributed by atoms with E-state index in [2.05, 4.69) is 9.71 Å². The largest absolute Gasteiger partial charge is 0.336 e. The number of nitrogens with one attached hydrogen (secondary N) is 1. The van der Waals surface area contributed by atoms with Gasteiger partial charge >= 0.3 is 0 Å². The maximum atomic E-state index is 12.8. The van der Waals surface area contributed by atoms with Crippen LogP contribution in [0.4, 0.5) is 0 Å². The Morgan fingerprint density at radius 2 is 1.96 bits per heavy atom. The fourth-order valence-electron chi connectivity index (χ4n) is 3.95. The standard InChI is InChI=1S/C18H24N4O3S/c23-18(16-13-21-10-4-3-9-17(21)19-16)22-11-5-8-15(12-22)26(24,25)20-14-6-1-2-7-14/h3-4,9-10,13-15,20H,1-2,5-8,11-12H2/t15-/m0/s1. The molecule has 0 bridgehead atoms. The summed E-state index contributed by atoms with van der Waals surface area (Å²) in [5.41, 5.74) is 1.07. The van der Waals surface area contributed by atoms with Crippen LogP contribution in [0.3, 0.4) is 0 Å². The predicted molar refractivity (Wildman–Crippen MR) is 98.4 cm³/mol. The number of nitrogens with zero attached hydrogens (tertiary/aromatic N) is 3. The molecule has 4 rings (SSSR count). The molecule has 0 spiro atoms. The van der Waals surface area contributed by atoms with Crippen LogP contribution in [0.25, 0.3) is 5.65 Å². The lowest BCUT2D eigenvalue weighted by Crippen LogP contribution is -2.50. The fraction of sp³-hybridized carbons (Fsp3) is 0.556. The van der Waals surface area contributed by atoms with Crippen LogP contribution in [0.5, 0.6) is 0 Å². The Kier molecular flexibility index (Phi) is 4.71. The van der Waals surface area contributed by atoms with Crippen molar-refractivity contribution in [3.05, 3.63) is 36.3 Å². The Balaban J connectivity index is 1.48. The number of sulfonamides is 1. The van der Waals surface area contributed by atoms with E-state index >= 15 is 0 Å². The van der Waals surface area contributed by atoms with E-state index in [1.165, 1.54) is 0 Å². The first kappa shape index (κ1) is 17.5. The van der Waals surface area contributed by atoms with Gasteiger partial charge in [-0.2, -0.15) is 0 Å². The van der Waals surface area contributed by atoms with Crippen LogP contribution in [0.15, 0.2) is 30.6 Å². The number of amides is 1. The Bertz CT molecular complexity index is 869. The molecule has 140 valence electrons. The number of pyridine rings is 1. The zero-order valence-electron chi connectivity index (χ0n) is 14.7. The smallest absolute Gasteiger partial charge is 0.274 e. The van der Waals surface area contributed by atoms with Gasteiger partial charge < -0.3 is 9.30 Å². The van der Waals surface area contributed by atoms with Crippen molar-refractivity contribution in [2.45, 2.75) is 49.8 Å². The van der Waals surface area contributed by atoms with Crippen LogP contribution < -0.4 is 4.72 Å². The van der Waals surface area contributed by atoms with Gasteiger partial charge in [0.05, 0.1) is 5.25 Å². The summed E-state index contributed by atoms with van der Waals surface area (Å²) in [5.74, 6) is -0.200. The van der Waals surface area contributed by atoms with E-state index in [4.69, 9.17) is 0 Å². The molecule has 2 aliphatic rings. The molecule has 2 fully saturated rings. The number of carbonyl (C=O) groups is 1. The first-order valence-corrected chi connectivity index (χ1v) is 10.8. The molecular weight excluding hydrogens is 352 g/mol. The Morgan fingerprint density at radius 1 is 1.15 bits per heavy atom. The molecular formula is C18H24N4O3S. The summed E-state index contributed by atoms with van der Waals surface area (Å²) in [5, 5.41) is -0.544. The lowest BCUT2D eigenvalue weighted by atomic mass is 10.1. The fourth-order valence-corrected chi connectivity index (χ4v) is 5.69. The third-order valence-electron chi connectivity index (χ3n) is 5.37. The normalized spacial score (nSPS) is 22.2. The van der Waals surface area contributed by atoms with Gasteiger partial charge in [-0.3, -0.25) is 4.79 Å². The Morgan fingerprint density at radius 3 is 2.73 bits per heavy atom. The molecule has 1 N–H and O–H groups in total. The summed E-state index contributed by atoms with van der Waals surface area (Å²) < 4.78 is 30.1. The molecule has 26 heavy (non-hydrogen) atoms. The first-order chi connectivity index (χ1) is 12.5. The molecule has 1 amide bonds. The molecule has 0 radical (unpaired) electrons. The molecule has 0 aromatic carbocycles. The summed E-state index contributed by atoms with van der Waals surface area (Å²) >= 11 is 0. The number of fused-ring (bicyclic) bond motifs is 1. The van der Waals surface area contributed by atoms with Crippen LogP contribution in [-0.4, -0.2) is 53.0 Å². The van der Waals surface area contributed by atoms with Gasteiger partial charge in [0.15, 0.2) is 0 Å². The molecule has 1 aliphatic carbocycles. The van der Waals surface area contributed by atoms with E-state index in [1.807, 2.05) is 24.4 Å². The summed E-state index contributed by atoms with van der Waals surface area (Å²) in [7, 11) is -3.41. The zero-order chi connectivity index (χ0) is 18.1. The average molecular weight is 376 g/mol. The van der Waals surface area contributed by atoms with Gasteiger partial charge in [-0.1, -0.05) is 18.9 Å². The van der Waals surface area contributed by atoms with Crippen molar-refractivity contribution < 1.29 is 13.2 Å². The van der Waals surface area contributed by atoms with E-state index in [9.17, 15) is 13.2 Å². The van der Waals surface area contributed by atoms with E-state index in [0.717, 1.165) is 25.7 Å². The minimum absolute atomic E-state index is 0.0597. The highest BCUT2D eigenvalue weighted by atomic mass is 32.2. The highest BCUT2D eigenvalue weighted by Crippen LogP contribution is 2.23. The molecule has 8 heteroatoms. The van der Waals surface area contributed by atoms with Crippen molar-refractivity contribution in [2.75, 3.05) is 13.1 Å². The van der Waals surface area contributed by atoms with E-state index < -0.39 is 15.3 Å². The zero-order valence-corrected chi connectivity index (χ0v) is 15.5. The van der Waals surface area contributed by atoms with Crippen LogP contribution in [-0.2, 0) is 10.0 Å². The second kappa shape index (κ2) is 7.00. The van der Waals surface area contributed by atoms with Crippen molar-refractivity contribution >= 4 is 21.6 Å². The summed E-state index contributed by atoms with van der Waals surface area (Å²) in [6.07, 6.45) is 8.81. The highest BCUT2D eigenvalue weighted by molar-refractivity contribution is 7.90. The van der Waals surface area contributed by atoms with Gasteiger partial charge in [-0.15, -0.1) is 0 Å². The molecule has 3 heterocycles. The van der Waals surface area contributed by atoms with Gasteiger partial charge in [-0.05, 0) is 37.8 Å². The highest BCUT2D eigenvalue weighted by Gasteiger charge is 2.35. The number of likely N-dealkylation sites (tertiary alicyclic amines) is 1. The Hall–Kier alpha value is -1.93. The summed E-state index contributed by atoms with van der Waals surface area (Å²) in [4.78, 5) is 18.8. The minimum Gasteiger partial charge on any atom is -0.336 e. The number of imidazole rings is 1. The molecule has 2 aromatic heterocycles. The van der Waals surface area contributed by atoms with Crippen LogP contribution >= 0.6 is 0 Å². The number of carbonyl (C=O) groups excluding carboxylic acids is 1. The second-order valence-corrected chi connectivity index (χ2v) is 9.24. The first-order valence-electron chi connectivity index (χ1n) is 9.27. The van der Waals surface area contributed by atoms with Crippen LogP contribution in [0.1, 0.15) is 49.0 Å². The number of piperidine rings is 1. The minimum atomic E-state index is -3.41. The number of hydrogen-bond acceptors (Lipinski definition) is 4. The second-order valence-electron chi connectivity index (χ2n) is 7.25. The monoisotopic (exact) mass is 376 g/mol. The van der Waals surface area contributed by atoms with Crippen LogP contribution in [0.2, 0.25) is 0 Å². The molecule has 1 saturated heterocycles. The van der Waals surface area contributed by atoms with Gasteiger partial charge in [0.1, 0.15) is 11.3 Å². The summed E-state index contributed by atoms with van der Waals surface area (Å²) in [6.45, 7) is 0.802. The van der Waals surface area contributed by atoms with Crippen molar-refractivity contribution in [3.8, 4) is 0 Å². The third-order valence-corrected chi connectivity index (χ3v) is 7.30. The maximum absolute atomic E-state index is 12.8.